The number of nitrogens with zero attached hydrogens (tertiary/aromatic N) is 1. The van der Waals surface area contributed by atoms with Crippen molar-refractivity contribution in [2.24, 2.45) is 0 Å². The van der Waals surface area contributed by atoms with Crippen LogP contribution in [0.5, 0.6) is 0 Å². The van der Waals surface area contributed by atoms with Gasteiger partial charge in [0.1, 0.15) is 0 Å². The summed E-state index contributed by atoms with van der Waals surface area (Å²) >= 11 is 0. The van der Waals surface area contributed by atoms with Gasteiger partial charge in [-0.3, -0.25) is 0 Å². The van der Waals surface area contributed by atoms with Crippen LogP contribution in [0, 0.1) is 0 Å². The molecule has 1 aliphatic carbocycles. The van der Waals surface area contributed by atoms with Gasteiger partial charge in [-0.05, 0) is 75.0 Å². The molecule has 1 heterocycles. The number of rotatable bonds is 6. The van der Waals surface area contributed by atoms with Crippen molar-refractivity contribution >= 4 is 5.69 Å². The lowest BCUT2D eigenvalue weighted by Gasteiger charge is -2.26. The maximum Gasteiger partial charge on any atom is 0.0494 e. The first-order valence-electron chi connectivity index (χ1n) is 9.55. The summed E-state index contributed by atoms with van der Waals surface area (Å²) in [6.07, 6.45) is 18.7. The molecule has 1 unspecified atom stereocenters. The minimum atomic E-state index is 0.457. The van der Waals surface area contributed by atoms with Crippen molar-refractivity contribution in [3.05, 3.63) is 101 Å². The standard InChI is InChI=1S/C25H29N/c1-5-7-8-9-13-19(3)21-16-17-23-22-14-10-11-15-24(22)26(25(23)18-21)20(4)12-6-2/h5-7,10-16,18,23H,2,8-9,17H2,1,3-4H3/b7-5-,19-13+,20-12+. The van der Waals surface area contributed by atoms with E-state index in [1.54, 1.807) is 0 Å². The molecule has 1 aromatic carbocycles. The van der Waals surface area contributed by atoms with E-state index in [-0.39, 0.29) is 0 Å². The van der Waals surface area contributed by atoms with Crippen LogP contribution in [0.15, 0.2) is 95.9 Å². The van der Waals surface area contributed by atoms with Crippen LogP contribution in [-0.4, -0.2) is 0 Å². The Kier molecular flexibility index (Phi) is 5.78. The molecule has 1 aromatic rings. The van der Waals surface area contributed by atoms with Gasteiger partial charge >= 0.3 is 0 Å². The van der Waals surface area contributed by atoms with Gasteiger partial charge in [-0.2, -0.15) is 0 Å². The molecule has 0 N–H and O–H groups in total. The maximum atomic E-state index is 3.88. The van der Waals surface area contributed by atoms with E-state index in [0.29, 0.717) is 5.92 Å². The van der Waals surface area contributed by atoms with E-state index < -0.39 is 0 Å². The number of anilines is 1. The quantitative estimate of drug-likeness (QED) is 0.300. The van der Waals surface area contributed by atoms with Crippen molar-refractivity contribution < 1.29 is 0 Å². The molecule has 134 valence electrons. The second-order valence-corrected chi connectivity index (χ2v) is 6.99. The molecule has 1 nitrogen and oxygen atoms in total. The van der Waals surface area contributed by atoms with E-state index in [1.807, 2.05) is 6.08 Å². The first-order chi connectivity index (χ1) is 12.7. The lowest BCUT2D eigenvalue weighted by atomic mass is 9.87. The van der Waals surface area contributed by atoms with Crippen LogP contribution in [0.25, 0.3) is 0 Å². The number of allylic oxidation sites excluding steroid dienone is 11. The van der Waals surface area contributed by atoms with Crippen molar-refractivity contribution in [3.8, 4) is 0 Å². The van der Waals surface area contributed by atoms with Crippen molar-refractivity contribution in [2.45, 2.75) is 46.0 Å². The van der Waals surface area contributed by atoms with Gasteiger partial charge in [-0.15, -0.1) is 0 Å². The number of hydrogen-bond acceptors (Lipinski definition) is 1. The van der Waals surface area contributed by atoms with E-state index in [9.17, 15) is 0 Å². The topological polar surface area (TPSA) is 3.24 Å². The van der Waals surface area contributed by atoms with E-state index in [2.05, 4.69) is 93.0 Å². The third kappa shape index (κ3) is 3.53. The van der Waals surface area contributed by atoms with Gasteiger partial charge in [0.15, 0.2) is 0 Å². The summed E-state index contributed by atoms with van der Waals surface area (Å²) in [5, 5.41) is 0. The van der Waals surface area contributed by atoms with Crippen LogP contribution in [-0.2, 0) is 0 Å². The lowest BCUT2D eigenvalue weighted by Crippen LogP contribution is -2.19. The predicted octanol–water partition coefficient (Wildman–Crippen LogP) is 7.20. The summed E-state index contributed by atoms with van der Waals surface area (Å²) < 4.78 is 0. The van der Waals surface area contributed by atoms with Gasteiger partial charge in [0.2, 0.25) is 0 Å². The highest BCUT2D eigenvalue weighted by Gasteiger charge is 2.35. The van der Waals surface area contributed by atoms with Crippen LogP contribution < -0.4 is 4.90 Å². The fraction of sp³-hybridized carbons (Fsp3) is 0.280. The molecule has 2 aliphatic rings. The average Bonchev–Trinajstić information content (AvgIpc) is 2.99. The molecule has 0 saturated carbocycles. The fourth-order valence-corrected chi connectivity index (χ4v) is 3.91. The Morgan fingerprint density at radius 3 is 2.81 bits per heavy atom. The molecular formula is C25H29N. The molecule has 0 radical (unpaired) electrons. The van der Waals surface area contributed by atoms with Gasteiger partial charge in [0, 0.05) is 23.0 Å². The number of benzene rings is 1. The Hall–Kier alpha value is -2.54. The second-order valence-electron chi connectivity index (χ2n) is 6.99. The smallest absolute Gasteiger partial charge is 0.0494 e. The summed E-state index contributed by atoms with van der Waals surface area (Å²) in [5.41, 5.74) is 8.09. The van der Waals surface area contributed by atoms with Gasteiger partial charge in [-0.1, -0.05) is 55.2 Å². The van der Waals surface area contributed by atoms with E-state index in [1.165, 1.54) is 33.8 Å². The molecule has 0 saturated heterocycles. The van der Waals surface area contributed by atoms with Crippen LogP contribution in [0.2, 0.25) is 0 Å². The maximum absolute atomic E-state index is 3.88. The fourth-order valence-electron chi connectivity index (χ4n) is 3.91. The second kappa shape index (κ2) is 8.23. The molecule has 0 spiro atoms. The van der Waals surface area contributed by atoms with Gasteiger partial charge in [0.25, 0.3) is 0 Å². The zero-order valence-corrected chi connectivity index (χ0v) is 16.2. The number of fused-ring (bicyclic) bond motifs is 3. The first-order valence-corrected chi connectivity index (χ1v) is 9.55. The van der Waals surface area contributed by atoms with Crippen LogP contribution in [0.4, 0.5) is 5.69 Å². The highest BCUT2D eigenvalue weighted by Crippen LogP contribution is 2.49. The van der Waals surface area contributed by atoms with Crippen LogP contribution in [0.3, 0.4) is 0 Å². The van der Waals surface area contributed by atoms with Crippen molar-refractivity contribution in [3.63, 3.8) is 0 Å². The number of unbranched alkanes of at least 4 members (excludes halogenated alkanes) is 1. The highest BCUT2D eigenvalue weighted by molar-refractivity contribution is 5.73. The molecule has 0 aromatic heterocycles. The van der Waals surface area contributed by atoms with Crippen molar-refractivity contribution in [1.82, 2.24) is 0 Å². The molecule has 0 amide bonds. The zero-order chi connectivity index (χ0) is 18.5. The number of para-hydroxylation sites is 1. The molecule has 0 fully saturated rings. The van der Waals surface area contributed by atoms with Crippen molar-refractivity contribution in [1.29, 1.82) is 0 Å². The normalized spacial score (nSPS) is 20.0. The molecule has 0 bridgehead atoms. The molecule has 1 atom stereocenters. The zero-order valence-electron chi connectivity index (χ0n) is 16.2. The average molecular weight is 344 g/mol. The summed E-state index contributed by atoms with van der Waals surface area (Å²) in [6, 6.07) is 8.78. The first kappa shape index (κ1) is 18.3. The van der Waals surface area contributed by atoms with Gasteiger partial charge in [0.05, 0.1) is 0 Å². The van der Waals surface area contributed by atoms with E-state index in [0.717, 1.165) is 19.3 Å². The largest absolute Gasteiger partial charge is 0.317 e. The lowest BCUT2D eigenvalue weighted by molar-refractivity contribution is 0.803. The molecule has 3 rings (SSSR count). The summed E-state index contributed by atoms with van der Waals surface area (Å²) in [4.78, 5) is 2.40. The van der Waals surface area contributed by atoms with Crippen LogP contribution in [0.1, 0.15) is 51.5 Å². The highest BCUT2D eigenvalue weighted by atomic mass is 15.2. The number of hydrogen-bond donors (Lipinski definition) is 0. The van der Waals surface area contributed by atoms with Gasteiger partial charge < -0.3 is 4.90 Å². The Labute approximate surface area is 158 Å². The SMILES string of the molecule is C=C/C=C(\C)N1C2=CC(/C(C)=C/CC/C=C\C)=CCC2c2ccccc21. The summed E-state index contributed by atoms with van der Waals surface area (Å²) in [6.45, 7) is 10.4. The minimum absolute atomic E-state index is 0.457. The minimum Gasteiger partial charge on any atom is -0.317 e. The van der Waals surface area contributed by atoms with Gasteiger partial charge in [-0.25, -0.2) is 0 Å². The Morgan fingerprint density at radius 1 is 1.23 bits per heavy atom. The molecular weight excluding hydrogens is 314 g/mol. The molecule has 1 heteroatoms. The third-order valence-electron chi connectivity index (χ3n) is 5.23. The summed E-state index contributed by atoms with van der Waals surface area (Å²) in [5.74, 6) is 0.457. The predicted molar refractivity (Wildman–Crippen MR) is 114 cm³/mol. The molecule has 1 aliphatic heterocycles. The van der Waals surface area contributed by atoms with Crippen LogP contribution >= 0.6 is 0 Å². The van der Waals surface area contributed by atoms with E-state index >= 15 is 0 Å². The molecule has 26 heavy (non-hydrogen) atoms. The third-order valence-corrected chi connectivity index (χ3v) is 5.23. The van der Waals surface area contributed by atoms with Crippen molar-refractivity contribution in [2.75, 3.05) is 4.90 Å². The summed E-state index contributed by atoms with van der Waals surface area (Å²) in [7, 11) is 0. The Bertz CT molecular complexity index is 829. The van der Waals surface area contributed by atoms with E-state index in [4.69, 9.17) is 0 Å². The monoisotopic (exact) mass is 343 g/mol. The Balaban J connectivity index is 1.94. The Morgan fingerprint density at radius 2 is 2.04 bits per heavy atom.